The third kappa shape index (κ3) is 3.33. The van der Waals surface area contributed by atoms with Crippen molar-refractivity contribution < 1.29 is 9.69 Å². The minimum atomic E-state index is -0.125. The predicted molar refractivity (Wildman–Crippen MR) is 72.3 cm³/mol. The highest BCUT2D eigenvalue weighted by Crippen LogP contribution is 2.13. The molecule has 3 atom stereocenters. The number of carbonyl (C=O) groups excluding carboxylic acids is 1. The molecule has 3 heteroatoms. The first-order valence-electron chi connectivity index (χ1n) is 6.84. The van der Waals surface area contributed by atoms with Gasteiger partial charge in [-0.1, -0.05) is 37.3 Å². The van der Waals surface area contributed by atoms with Crippen molar-refractivity contribution in [2.45, 2.75) is 25.7 Å². The van der Waals surface area contributed by atoms with E-state index in [1.54, 1.807) is 0 Å². The van der Waals surface area contributed by atoms with Crippen LogP contribution in [0.1, 0.15) is 31.2 Å². The van der Waals surface area contributed by atoms with Gasteiger partial charge < -0.3 is 10.6 Å². The fourth-order valence-corrected chi connectivity index (χ4v) is 2.91. The Balaban J connectivity index is 1.91. The van der Waals surface area contributed by atoms with Crippen molar-refractivity contribution in [3.8, 4) is 0 Å². The summed E-state index contributed by atoms with van der Waals surface area (Å²) in [6.45, 7) is 5.43. The molecule has 1 fully saturated rings. The van der Waals surface area contributed by atoms with Gasteiger partial charge in [-0.3, -0.25) is 4.79 Å². The first kappa shape index (κ1) is 13.1. The molecule has 1 unspecified atom stereocenters. The zero-order valence-electron chi connectivity index (χ0n) is 11.1. The summed E-state index contributed by atoms with van der Waals surface area (Å²) in [4.78, 5) is 12.8. The molecule has 18 heavy (non-hydrogen) atoms. The minimum absolute atomic E-state index is 0.0803. The lowest BCUT2D eigenvalue weighted by atomic mass is 9.95. The van der Waals surface area contributed by atoms with Crippen molar-refractivity contribution in [1.82, 2.24) is 0 Å². The molecule has 98 valence electrons. The largest absolute Gasteiger partial charge is 0.369 e. The number of nitrogens with one attached hydrogen (secondary N) is 1. The Hall–Kier alpha value is -1.35. The summed E-state index contributed by atoms with van der Waals surface area (Å²) in [7, 11) is 0. The molecule has 1 aromatic rings. The van der Waals surface area contributed by atoms with Gasteiger partial charge >= 0.3 is 0 Å². The summed E-state index contributed by atoms with van der Waals surface area (Å²) in [5.74, 6) is 0.490. The van der Waals surface area contributed by atoms with E-state index >= 15 is 0 Å². The van der Waals surface area contributed by atoms with Crippen molar-refractivity contribution in [3.63, 3.8) is 0 Å². The van der Waals surface area contributed by atoms with Crippen molar-refractivity contribution in [2.24, 2.45) is 11.7 Å². The van der Waals surface area contributed by atoms with Gasteiger partial charge in [0.2, 0.25) is 5.91 Å². The summed E-state index contributed by atoms with van der Waals surface area (Å²) >= 11 is 0. The van der Waals surface area contributed by atoms with Crippen molar-refractivity contribution >= 4 is 5.91 Å². The SMILES string of the molecule is C[C@@H](C[NH+]1CCC[C@H](C(N)=O)C1)c1ccccc1. The predicted octanol–water partition coefficient (Wildman–Crippen LogP) is 0.570. The van der Waals surface area contributed by atoms with E-state index in [0.717, 1.165) is 25.9 Å². The van der Waals surface area contributed by atoms with E-state index in [1.807, 2.05) is 6.07 Å². The molecule has 0 bridgehead atoms. The fraction of sp³-hybridized carbons (Fsp3) is 0.533. The molecule has 0 saturated carbocycles. The molecule has 1 saturated heterocycles. The number of piperidine rings is 1. The smallest absolute Gasteiger partial charge is 0.226 e. The highest BCUT2D eigenvalue weighted by atomic mass is 16.1. The third-order valence-electron chi connectivity index (χ3n) is 3.98. The van der Waals surface area contributed by atoms with Crippen molar-refractivity contribution in [1.29, 1.82) is 0 Å². The molecule has 0 spiro atoms. The van der Waals surface area contributed by atoms with Crippen LogP contribution in [0.15, 0.2) is 30.3 Å². The van der Waals surface area contributed by atoms with Gasteiger partial charge in [-0.05, 0) is 18.4 Å². The Morgan fingerprint density at radius 1 is 1.44 bits per heavy atom. The zero-order chi connectivity index (χ0) is 13.0. The number of carbonyl (C=O) groups is 1. The second-order valence-electron chi connectivity index (χ2n) is 5.46. The number of hydrogen-bond acceptors (Lipinski definition) is 1. The van der Waals surface area contributed by atoms with Gasteiger partial charge in [0.1, 0.15) is 0 Å². The fourth-order valence-electron chi connectivity index (χ4n) is 2.91. The van der Waals surface area contributed by atoms with E-state index in [-0.39, 0.29) is 11.8 Å². The summed E-state index contributed by atoms with van der Waals surface area (Å²) in [5.41, 5.74) is 6.80. The van der Waals surface area contributed by atoms with Crippen LogP contribution >= 0.6 is 0 Å². The monoisotopic (exact) mass is 247 g/mol. The van der Waals surface area contributed by atoms with E-state index in [1.165, 1.54) is 17.0 Å². The molecule has 0 radical (unpaired) electrons. The number of hydrogen-bond donors (Lipinski definition) is 2. The quantitative estimate of drug-likeness (QED) is 0.803. The maximum atomic E-state index is 11.3. The number of amides is 1. The van der Waals surface area contributed by atoms with Gasteiger partial charge in [0.05, 0.1) is 25.6 Å². The molecule has 1 aliphatic heterocycles. The standard InChI is InChI=1S/C15H22N2O/c1-12(13-6-3-2-4-7-13)10-17-9-5-8-14(11-17)15(16)18/h2-4,6-7,12,14H,5,8-11H2,1H3,(H2,16,18)/p+1/t12-,14-/m0/s1. The molecule has 1 heterocycles. The first-order chi connectivity index (χ1) is 8.66. The highest BCUT2D eigenvalue weighted by Gasteiger charge is 2.28. The maximum Gasteiger partial charge on any atom is 0.226 e. The summed E-state index contributed by atoms with van der Waals surface area (Å²) in [6, 6.07) is 10.6. The molecule has 3 nitrogen and oxygen atoms in total. The van der Waals surface area contributed by atoms with E-state index in [4.69, 9.17) is 5.73 Å². The number of likely N-dealkylation sites (tertiary alicyclic amines) is 1. The molecular formula is C15H23N2O+. The Morgan fingerprint density at radius 2 is 2.17 bits per heavy atom. The normalized spacial score (nSPS) is 25.6. The van der Waals surface area contributed by atoms with E-state index in [9.17, 15) is 4.79 Å². The number of quaternary nitrogens is 1. The Bertz CT molecular complexity index is 391. The maximum absolute atomic E-state index is 11.3. The van der Waals surface area contributed by atoms with Crippen molar-refractivity contribution in [2.75, 3.05) is 19.6 Å². The summed E-state index contributed by atoms with van der Waals surface area (Å²) in [6.07, 6.45) is 2.09. The van der Waals surface area contributed by atoms with Crippen LogP contribution in [0.25, 0.3) is 0 Å². The molecule has 1 aromatic carbocycles. The van der Waals surface area contributed by atoms with Gasteiger partial charge in [-0.25, -0.2) is 0 Å². The second-order valence-corrected chi connectivity index (χ2v) is 5.46. The Labute approximate surface area is 109 Å². The van der Waals surface area contributed by atoms with Crippen LogP contribution in [0.4, 0.5) is 0 Å². The number of rotatable bonds is 4. The Morgan fingerprint density at radius 3 is 2.83 bits per heavy atom. The Kier molecular flexibility index (Phi) is 4.37. The molecule has 3 N–H and O–H groups in total. The summed E-state index contributed by atoms with van der Waals surface area (Å²) in [5, 5.41) is 0. The molecular weight excluding hydrogens is 224 g/mol. The number of nitrogens with two attached hydrogens (primary N) is 1. The molecule has 2 rings (SSSR count). The van der Waals surface area contributed by atoms with Crippen LogP contribution in [0.2, 0.25) is 0 Å². The van der Waals surface area contributed by atoms with Crippen LogP contribution in [-0.4, -0.2) is 25.5 Å². The average molecular weight is 247 g/mol. The summed E-state index contributed by atoms with van der Waals surface area (Å²) < 4.78 is 0. The van der Waals surface area contributed by atoms with Gasteiger partial charge in [0.15, 0.2) is 0 Å². The van der Waals surface area contributed by atoms with Crippen LogP contribution in [0.5, 0.6) is 0 Å². The van der Waals surface area contributed by atoms with Crippen LogP contribution < -0.4 is 10.6 Å². The van der Waals surface area contributed by atoms with Crippen molar-refractivity contribution in [3.05, 3.63) is 35.9 Å². The average Bonchev–Trinajstić information content (AvgIpc) is 2.40. The molecule has 0 aromatic heterocycles. The minimum Gasteiger partial charge on any atom is -0.369 e. The van der Waals surface area contributed by atoms with E-state index < -0.39 is 0 Å². The van der Waals surface area contributed by atoms with Crippen LogP contribution in [0.3, 0.4) is 0 Å². The third-order valence-corrected chi connectivity index (χ3v) is 3.98. The molecule has 0 aliphatic carbocycles. The van der Waals surface area contributed by atoms with Gasteiger partial charge in [-0.2, -0.15) is 0 Å². The second kappa shape index (κ2) is 6.01. The zero-order valence-corrected chi connectivity index (χ0v) is 11.1. The number of primary amides is 1. The number of benzene rings is 1. The van der Waals surface area contributed by atoms with Gasteiger partial charge in [0, 0.05) is 5.92 Å². The van der Waals surface area contributed by atoms with Crippen LogP contribution in [-0.2, 0) is 4.79 Å². The highest BCUT2D eigenvalue weighted by molar-refractivity contribution is 5.76. The van der Waals surface area contributed by atoms with E-state index in [0.29, 0.717) is 5.92 Å². The van der Waals surface area contributed by atoms with Gasteiger partial charge in [-0.15, -0.1) is 0 Å². The van der Waals surface area contributed by atoms with Gasteiger partial charge in [0.25, 0.3) is 0 Å². The molecule has 1 amide bonds. The van der Waals surface area contributed by atoms with E-state index in [2.05, 4.69) is 31.2 Å². The topological polar surface area (TPSA) is 47.5 Å². The molecule has 1 aliphatic rings. The lowest BCUT2D eigenvalue weighted by molar-refractivity contribution is -0.908. The lowest BCUT2D eigenvalue weighted by Gasteiger charge is -2.30. The van der Waals surface area contributed by atoms with Crippen LogP contribution in [0, 0.1) is 5.92 Å². The first-order valence-corrected chi connectivity index (χ1v) is 6.84. The lowest BCUT2D eigenvalue weighted by Crippen LogP contribution is -3.14.